The lowest BCUT2D eigenvalue weighted by molar-refractivity contribution is -0.111. The van der Waals surface area contributed by atoms with Gasteiger partial charge in [0, 0.05) is 27.9 Å². The first-order chi connectivity index (χ1) is 15.3. The van der Waals surface area contributed by atoms with Crippen molar-refractivity contribution in [2.45, 2.75) is 13.8 Å². The van der Waals surface area contributed by atoms with Gasteiger partial charge in [-0.05, 0) is 79.6 Å². The van der Waals surface area contributed by atoms with Gasteiger partial charge in [-0.2, -0.15) is 0 Å². The third-order valence-corrected chi connectivity index (χ3v) is 5.56. The van der Waals surface area contributed by atoms with Crippen LogP contribution in [-0.2, 0) is 4.79 Å². The van der Waals surface area contributed by atoms with E-state index in [1.165, 1.54) is 18.7 Å². The summed E-state index contributed by atoms with van der Waals surface area (Å²) in [4.78, 5) is 16.9. The van der Waals surface area contributed by atoms with Crippen LogP contribution in [0.5, 0.6) is 5.75 Å². The van der Waals surface area contributed by atoms with Gasteiger partial charge in [0.2, 0.25) is 11.8 Å². The van der Waals surface area contributed by atoms with E-state index in [4.69, 9.17) is 32.4 Å². The Kier molecular flexibility index (Phi) is 6.21. The number of carbonyl (C=O) groups is 1. The Balaban J connectivity index is 1.48. The van der Waals surface area contributed by atoms with E-state index in [1.54, 1.807) is 30.3 Å². The Hall–Kier alpha value is -3.28. The van der Waals surface area contributed by atoms with Gasteiger partial charge in [-0.3, -0.25) is 4.79 Å². The molecular weight excluding hydrogens is 447 g/mol. The number of carbonyl (C=O) groups excluding carboxylic acids is 1. The molecule has 1 N–H and O–H groups in total. The minimum Gasteiger partial charge on any atom is -0.495 e. The number of amides is 1. The molecule has 1 aromatic heterocycles. The van der Waals surface area contributed by atoms with Crippen molar-refractivity contribution in [2.75, 3.05) is 12.4 Å². The number of anilines is 1. The second-order valence-corrected chi connectivity index (χ2v) is 8.18. The van der Waals surface area contributed by atoms with E-state index >= 15 is 0 Å². The zero-order valence-corrected chi connectivity index (χ0v) is 19.2. The highest BCUT2D eigenvalue weighted by atomic mass is 35.5. The number of hydrogen-bond acceptors (Lipinski definition) is 4. The lowest BCUT2D eigenvalue weighted by Gasteiger charge is -2.08. The minimum absolute atomic E-state index is 0.302. The first-order valence-electron chi connectivity index (χ1n) is 9.84. The molecule has 5 nitrogen and oxygen atoms in total. The predicted octanol–water partition coefficient (Wildman–Crippen LogP) is 7.08. The number of nitrogens with zero attached hydrogens (tertiary/aromatic N) is 1. The number of rotatable bonds is 5. The minimum atomic E-state index is -0.302. The van der Waals surface area contributed by atoms with E-state index < -0.39 is 0 Å². The molecule has 0 fully saturated rings. The Labute approximate surface area is 195 Å². The fourth-order valence-corrected chi connectivity index (χ4v) is 3.85. The molecule has 0 atom stereocenters. The topological polar surface area (TPSA) is 64.4 Å². The van der Waals surface area contributed by atoms with E-state index in [-0.39, 0.29) is 5.91 Å². The van der Waals surface area contributed by atoms with Gasteiger partial charge in [0.05, 0.1) is 12.1 Å². The zero-order valence-electron chi connectivity index (χ0n) is 17.7. The standard InChI is InChI=1S/C25H20Cl2N2O3/c1-14-10-21-22(11-15(14)2)32-25(29-21)16-4-7-19(8-5-16)28-23(30)9-6-17-12-18(26)13-20(27)24(17)31-3/h4-13H,1-3H3,(H,28,30)/b9-6+. The number of halogens is 2. The summed E-state index contributed by atoms with van der Waals surface area (Å²) in [6, 6.07) is 14.6. The van der Waals surface area contributed by atoms with Crippen LogP contribution in [0.25, 0.3) is 28.6 Å². The Bertz CT molecular complexity index is 1300. The quantitative estimate of drug-likeness (QED) is 0.319. The molecule has 0 spiro atoms. The van der Waals surface area contributed by atoms with Gasteiger partial charge in [0.25, 0.3) is 0 Å². The molecular formula is C25H20Cl2N2O3. The number of oxazole rings is 1. The van der Waals surface area contributed by atoms with Crippen molar-refractivity contribution >= 4 is 52.0 Å². The molecule has 4 rings (SSSR count). The van der Waals surface area contributed by atoms with E-state index in [0.29, 0.717) is 32.9 Å². The number of aryl methyl sites for hydroxylation is 2. The van der Waals surface area contributed by atoms with Crippen molar-refractivity contribution in [2.24, 2.45) is 0 Å². The molecule has 0 saturated heterocycles. The highest BCUT2D eigenvalue weighted by Gasteiger charge is 2.11. The highest BCUT2D eigenvalue weighted by Crippen LogP contribution is 2.33. The second-order valence-electron chi connectivity index (χ2n) is 7.33. The van der Waals surface area contributed by atoms with Crippen molar-refractivity contribution in [3.63, 3.8) is 0 Å². The molecule has 0 unspecified atom stereocenters. The van der Waals surface area contributed by atoms with Crippen LogP contribution in [0.2, 0.25) is 10.0 Å². The summed E-state index contributed by atoms with van der Waals surface area (Å²) < 4.78 is 11.2. The van der Waals surface area contributed by atoms with Crippen LogP contribution in [0.15, 0.2) is 59.0 Å². The summed E-state index contributed by atoms with van der Waals surface area (Å²) in [6.45, 7) is 4.09. The van der Waals surface area contributed by atoms with Crippen LogP contribution in [0, 0.1) is 13.8 Å². The predicted molar refractivity (Wildman–Crippen MR) is 130 cm³/mol. The van der Waals surface area contributed by atoms with Gasteiger partial charge >= 0.3 is 0 Å². The van der Waals surface area contributed by atoms with E-state index in [9.17, 15) is 4.79 Å². The maximum atomic E-state index is 12.4. The van der Waals surface area contributed by atoms with Crippen LogP contribution in [0.1, 0.15) is 16.7 Å². The Morgan fingerprint density at radius 1 is 1.06 bits per heavy atom. The molecule has 0 saturated carbocycles. The third-order valence-electron chi connectivity index (χ3n) is 5.06. The first kappa shape index (κ1) is 21.9. The Morgan fingerprint density at radius 2 is 1.78 bits per heavy atom. The van der Waals surface area contributed by atoms with Gasteiger partial charge in [0.1, 0.15) is 11.3 Å². The van der Waals surface area contributed by atoms with Gasteiger partial charge in [0.15, 0.2) is 5.58 Å². The largest absolute Gasteiger partial charge is 0.495 e. The number of benzene rings is 3. The summed E-state index contributed by atoms with van der Waals surface area (Å²) in [7, 11) is 1.51. The van der Waals surface area contributed by atoms with Gasteiger partial charge < -0.3 is 14.5 Å². The van der Waals surface area contributed by atoms with Gasteiger partial charge in [-0.25, -0.2) is 4.98 Å². The molecule has 0 aliphatic carbocycles. The van der Waals surface area contributed by atoms with Crippen LogP contribution in [0.3, 0.4) is 0 Å². The number of fused-ring (bicyclic) bond motifs is 1. The summed E-state index contributed by atoms with van der Waals surface area (Å²) in [5.41, 5.74) is 5.97. The first-order valence-corrected chi connectivity index (χ1v) is 10.6. The SMILES string of the molecule is COc1c(Cl)cc(Cl)cc1/C=C/C(=O)Nc1ccc(-c2nc3cc(C)c(C)cc3o2)cc1. The lowest BCUT2D eigenvalue weighted by atomic mass is 10.1. The monoisotopic (exact) mass is 466 g/mol. The summed E-state index contributed by atoms with van der Waals surface area (Å²) in [5.74, 6) is 0.685. The van der Waals surface area contributed by atoms with Crippen LogP contribution in [-0.4, -0.2) is 18.0 Å². The summed E-state index contributed by atoms with van der Waals surface area (Å²) in [5, 5.41) is 3.65. The molecule has 0 aliphatic rings. The number of methoxy groups -OCH3 is 1. The molecule has 7 heteroatoms. The van der Waals surface area contributed by atoms with E-state index in [0.717, 1.165) is 22.2 Å². The number of ether oxygens (including phenoxy) is 1. The van der Waals surface area contributed by atoms with E-state index in [1.807, 2.05) is 38.1 Å². The van der Waals surface area contributed by atoms with Gasteiger partial charge in [-0.15, -0.1) is 0 Å². The van der Waals surface area contributed by atoms with Crippen LogP contribution < -0.4 is 10.1 Å². The highest BCUT2D eigenvalue weighted by molar-refractivity contribution is 6.36. The van der Waals surface area contributed by atoms with Crippen molar-refractivity contribution in [1.29, 1.82) is 0 Å². The van der Waals surface area contributed by atoms with Crippen molar-refractivity contribution in [3.8, 4) is 17.2 Å². The second kappa shape index (κ2) is 9.07. The molecule has 4 aromatic rings. The number of hydrogen-bond donors (Lipinski definition) is 1. The molecule has 0 aliphatic heterocycles. The molecule has 1 amide bonds. The van der Waals surface area contributed by atoms with E-state index in [2.05, 4.69) is 10.3 Å². The van der Waals surface area contributed by atoms with Crippen molar-refractivity contribution in [3.05, 3.63) is 81.3 Å². The smallest absolute Gasteiger partial charge is 0.248 e. The lowest BCUT2D eigenvalue weighted by Crippen LogP contribution is -2.07. The summed E-state index contributed by atoms with van der Waals surface area (Å²) >= 11 is 12.2. The van der Waals surface area contributed by atoms with Crippen LogP contribution >= 0.6 is 23.2 Å². The molecule has 3 aromatic carbocycles. The average molecular weight is 467 g/mol. The maximum Gasteiger partial charge on any atom is 0.248 e. The van der Waals surface area contributed by atoms with Gasteiger partial charge in [-0.1, -0.05) is 23.2 Å². The normalized spacial score (nSPS) is 11.3. The molecule has 32 heavy (non-hydrogen) atoms. The molecule has 1 heterocycles. The number of nitrogens with one attached hydrogen (secondary N) is 1. The molecule has 0 radical (unpaired) electrons. The van der Waals surface area contributed by atoms with Crippen molar-refractivity contribution < 1.29 is 13.9 Å². The fourth-order valence-electron chi connectivity index (χ4n) is 3.27. The van der Waals surface area contributed by atoms with Crippen LogP contribution in [0.4, 0.5) is 5.69 Å². The average Bonchev–Trinajstić information content (AvgIpc) is 3.15. The molecule has 0 bridgehead atoms. The Morgan fingerprint density at radius 3 is 2.50 bits per heavy atom. The zero-order chi connectivity index (χ0) is 22.8. The fraction of sp³-hybridized carbons (Fsp3) is 0.120. The summed E-state index contributed by atoms with van der Waals surface area (Å²) in [6.07, 6.45) is 2.99. The third kappa shape index (κ3) is 4.64. The maximum absolute atomic E-state index is 12.4. The van der Waals surface area contributed by atoms with Crippen molar-refractivity contribution in [1.82, 2.24) is 4.98 Å². The number of aromatic nitrogens is 1. The molecule has 162 valence electrons.